The summed E-state index contributed by atoms with van der Waals surface area (Å²) in [5, 5.41) is 23.2. The fourth-order valence-corrected chi connectivity index (χ4v) is 4.75. The molecular weight excluding hydrogens is 346 g/mol. The first-order valence-electron chi connectivity index (χ1n) is 8.89. The third-order valence-electron chi connectivity index (χ3n) is 5.84. The highest BCUT2D eigenvalue weighted by Gasteiger charge is 2.41. The molecule has 1 saturated carbocycles. The number of hydrogen-bond acceptors (Lipinski definition) is 5. The zero-order valence-electron chi connectivity index (χ0n) is 14.3. The molecule has 7 heteroatoms. The summed E-state index contributed by atoms with van der Waals surface area (Å²) in [4.78, 5) is 26.4. The molecule has 0 radical (unpaired) electrons. The Labute approximate surface area is 154 Å². The lowest BCUT2D eigenvalue weighted by Gasteiger charge is -2.20. The van der Waals surface area contributed by atoms with E-state index >= 15 is 0 Å². The Balaban J connectivity index is 1.81. The Hall–Kier alpha value is -3.35. The third kappa shape index (κ3) is 2.31. The van der Waals surface area contributed by atoms with Crippen LogP contribution in [0.2, 0.25) is 0 Å². The Morgan fingerprint density at radius 3 is 2.33 bits per heavy atom. The molecule has 134 valence electrons. The van der Waals surface area contributed by atoms with Crippen molar-refractivity contribution in [2.24, 2.45) is 0 Å². The van der Waals surface area contributed by atoms with Crippen LogP contribution < -0.4 is 0 Å². The van der Waals surface area contributed by atoms with Gasteiger partial charge in [0, 0.05) is 35.2 Å². The van der Waals surface area contributed by atoms with Crippen LogP contribution in [0.3, 0.4) is 0 Å². The average molecular weight is 361 g/mol. The summed E-state index contributed by atoms with van der Waals surface area (Å²) in [7, 11) is 0. The van der Waals surface area contributed by atoms with Crippen molar-refractivity contribution < 1.29 is 9.85 Å². The molecule has 27 heavy (non-hydrogen) atoms. The van der Waals surface area contributed by atoms with Crippen LogP contribution in [0.5, 0.6) is 0 Å². The lowest BCUT2D eigenvalue weighted by molar-refractivity contribution is -0.384. The zero-order chi connectivity index (χ0) is 18.7. The smallest absolute Gasteiger partial charge is 0.258 e. The minimum Gasteiger partial charge on any atom is -0.258 e. The molecule has 0 saturated heterocycles. The van der Waals surface area contributed by atoms with Gasteiger partial charge in [0.2, 0.25) is 0 Å². The Morgan fingerprint density at radius 1 is 0.889 bits per heavy atom. The number of hydrogen-bond donors (Lipinski definition) is 0. The van der Waals surface area contributed by atoms with Crippen molar-refractivity contribution in [3.05, 3.63) is 73.8 Å². The highest BCUT2D eigenvalue weighted by atomic mass is 16.6. The monoisotopic (exact) mass is 361 g/mol. The van der Waals surface area contributed by atoms with Gasteiger partial charge < -0.3 is 0 Å². The number of nitro benzene ring substituents is 2. The normalized spacial score (nSPS) is 20.0. The van der Waals surface area contributed by atoms with Crippen molar-refractivity contribution in [2.75, 3.05) is 0 Å². The summed E-state index contributed by atoms with van der Waals surface area (Å²) in [6, 6.07) is 11.3. The van der Waals surface area contributed by atoms with E-state index in [4.69, 9.17) is 4.98 Å². The lowest BCUT2D eigenvalue weighted by atomic mass is 9.86. The van der Waals surface area contributed by atoms with E-state index in [0.29, 0.717) is 17.4 Å². The number of nitrogens with zero attached hydrogens (tertiary/aromatic N) is 3. The van der Waals surface area contributed by atoms with Gasteiger partial charge in [0.25, 0.3) is 11.4 Å². The van der Waals surface area contributed by atoms with Gasteiger partial charge in [-0.25, -0.2) is 4.98 Å². The van der Waals surface area contributed by atoms with Gasteiger partial charge in [-0.3, -0.25) is 20.2 Å². The minimum absolute atomic E-state index is 0.0370. The SMILES string of the molecule is O=[N+]([O-])c1cccc(-c2nc3ccc([N+](=O)[O-])cc3c3c2[C@H]2CC[C@@H]3C2)c1. The van der Waals surface area contributed by atoms with Crippen molar-refractivity contribution >= 4 is 22.3 Å². The average Bonchev–Trinajstić information content (AvgIpc) is 3.29. The van der Waals surface area contributed by atoms with E-state index in [0.717, 1.165) is 47.0 Å². The first kappa shape index (κ1) is 15.9. The summed E-state index contributed by atoms with van der Waals surface area (Å²) in [6.07, 6.45) is 3.18. The second-order valence-corrected chi connectivity index (χ2v) is 7.26. The standard InChI is InChI=1S/C20H15N3O4/c24-22(25)14-3-1-2-13(9-14)20-19-12-5-4-11(8-12)18(19)16-10-15(23(26)27)6-7-17(16)21-20/h1-3,6-7,9-12H,4-5,8H2/t11-,12+/m1/s1. The lowest BCUT2D eigenvalue weighted by Crippen LogP contribution is -2.05. The van der Waals surface area contributed by atoms with Crippen LogP contribution in [0.25, 0.3) is 22.2 Å². The number of nitro groups is 2. The topological polar surface area (TPSA) is 99.2 Å². The second-order valence-electron chi connectivity index (χ2n) is 7.26. The van der Waals surface area contributed by atoms with Crippen LogP contribution in [0.15, 0.2) is 42.5 Å². The quantitative estimate of drug-likeness (QED) is 0.478. The molecule has 2 aliphatic rings. The summed E-state index contributed by atoms with van der Waals surface area (Å²) < 4.78 is 0. The van der Waals surface area contributed by atoms with Crippen molar-refractivity contribution in [3.63, 3.8) is 0 Å². The van der Waals surface area contributed by atoms with Gasteiger partial charge in [0.05, 0.1) is 21.1 Å². The number of rotatable bonds is 3. The molecule has 2 atom stereocenters. The predicted molar refractivity (Wildman–Crippen MR) is 99.8 cm³/mol. The Morgan fingerprint density at radius 2 is 1.59 bits per heavy atom. The maximum absolute atomic E-state index is 11.2. The van der Waals surface area contributed by atoms with Crippen LogP contribution in [-0.4, -0.2) is 14.8 Å². The summed E-state index contributed by atoms with van der Waals surface area (Å²) >= 11 is 0. The fraction of sp³-hybridized carbons (Fsp3) is 0.250. The highest BCUT2D eigenvalue weighted by molar-refractivity contribution is 5.91. The molecule has 7 nitrogen and oxygen atoms in total. The van der Waals surface area contributed by atoms with E-state index in [2.05, 4.69) is 0 Å². The third-order valence-corrected chi connectivity index (χ3v) is 5.84. The van der Waals surface area contributed by atoms with Crippen LogP contribution >= 0.6 is 0 Å². The Kier molecular flexibility index (Phi) is 3.28. The largest absolute Gasteiger partial charge is 0.270 e. The highest BCUT2D eigenvalue weighted by Crippen LogP contribution is 2.57. The molecule has 1 aromatic heterocycles. The van der Waals surface area contributed by atoms with E-state index in [-0.39, 0.29) is 16.3 Å². The number of pyridine rings is 1. The summed E-state index contributed by atoms with van der Waals surface area (Å²) in [5.74, 6) is 0.755. The molecule has 0 N–H and O–H groups in total. The van der Waals surface area contributed by atoms with Gasteiger partial charge in [-0.1, -0.05) is 12.1 Å². The molecule has 2 aliphatic carbocycles. The van der Waals surface area contributed by atoms with Gasteiger partial charge in [-0.2, -0.15) is 0 Å². The Bertz CT molecular complexity index is 1140. The van der Waals surface area contributed by atoms with E-state index in [1.54, 1.807) is 24.3 Å². The van der Waals surface area contributed by atoms with Crippen LogP contribution in [-0.2, 0) is 0 Å². The van der Waals surface area contributed by atoms with Gasteiger partial charge in [0.15, 0.2) is 0 Å². The van der Waals surface area contributed by atoms with E-state index in [9.17, 15) is 20.2 Å². The summed E-state index contributed by atoms with van der Waals surface area (Å²) in [6.45, 7) is 0. The molecule has 1 heterocycles. The van der Waals surface area contributed by atoms with Crippen molar-refractivity contribution in [1.82, 2.24) is 4.98 Å². The van der Waals surface area contributed by atoms with Crippen molar-refractivity contribution in [3.8, 4) is 11.3 Å². The zero-order valence-corrected chi connectivity index (χ0v) is 14.3. The maximum Gasteiger partial charge on any atom is 0.270 e. The molecule has 1 fully saturated rings. The molecule has 0 amide bonds. The molecule has 5 rings (SSSR count). The fourth-order valence-electron chi connectivity index (χ4n) is 4.75. The van der Waals surface area contributed by atoms with Crippen LogP contribution in [0.4, 0.5) is 11.4 Å². The summed E-state index contributed by atoms with van der Waals surface area (Å²) in [5.41, 5.74) is 4.59. The molecule has 2 aromatic carbocycles. The number of non-ortho nitro benzene ring substituents is 2. The van der Waals surface area contributed by atoms with Crippen LogP contribution in [0.1, 0.15) is 42.2 Å². The van der Waals surface area contributed by atoms with Crippen molar-refractivity contribution in [2.45, 2.75) is 31.1 Å². The molecule has 2 bridgehead atoms. The molecular formula is C20H15N3O4. The number of benzene rings is 2. The van der Waals surface area contributed by atoms with Crippen LogP contribution in [0, 0.1) is 20.2 Å². The minimum atomic E-state index is -0.402. The van der Waals surface area contributed by atoms with E-state index < -0.39 is 4.92 Å². The first-order chi connectivity index (χ1) is 13.0. The van der Waals surface area contributed by atoms with E-state index in [1.165, 1.54) is 12.1 Å². The van der Waals surface area contributed by atoms with Crippen molar-refractivity contribution in [1.29, 1.82) is 0 Å². The number of fused-ring (bicyclic) bond motifs is 7. The molecule has 0 unspecified atom stereocenters. The second kappa shape index (κ2) is 5.57. The maximum atomic E-state index is 11.2. The predicted octanol–water partition coefficient (Wildman–Crippen LogP) is 5.08. The van der Waals surface area contributed by atoms with E-state index in [1.807, 2.05) is 6.07 Å². The molecule has 3 aromatic rings. The van der Waals surface area contributed by atoms with Gasteiger partial charge >= 0.3 is 0 Å². The van der Waals surface area contributed by atoms with Gasteiger partial charge in [-0.15, -0.1) is 0 Å². The number of aromatic nitrogens is 1. The van der Waals surface area contributed by atoms with Gasteiger partial charge in [0.1, 0.15) is 0 Å². The molecule has 0 aliphatic heterocycles. The van der Waals surface area contributed by atoms with Gasteiger partial charge in [-0.05, 0) is 48.3 Å². The molecule has 0 spiro atoms. The first-order valence-corrected chi connectivity index (χ1v) is 8.89.